The number of benzene rings is 1. The lowest BCUT2D eigenvalue weighted by Crippen LogP contribution is -2.42. The SMILES string of the molecule is CCCc1ccc([C@H](C)NC(=O)[C@@H]2[C@@H](C(=O)O)[C@@H]3CC[C@@H]2C3=C(C)C)cc1. The van der Waals surface area contributed by atoms with E-state index in [9.17, 15) is 14.7 Å². The molecule has 0 aromatic heterocycles. The largest absolute Gasteiger partial charge is 0.481 e. The highest BCUT2D eigenvalue weighted by molar-refractivity contribution is 5.87. The van der Waals surface area contributed by atoms with Gasteiger partial charge >= 0.3 is 5.97 Å². The zero-order chi connectivity index (χ0) is 19.7. The third-order valence-corrected chi connectivity index (χ3v) is 6.38. The molecule has 2 aliphatic carbocycles. The smallest absolute Gasteiger partial charge is 0.307 e. The quantitative estimate of drug-likeness (QED) is 0.725. The van der Waals surface area contributed by atoms with Gasteiger partial charge in [0.15, 0.2) is 0 Å². The lowest BCUT2D eigenvalue weighted by molar-refractivity contribution is -0.149. The van der Waals surface area contributed by atoms with Crippen LogP contribution in [-0.4, -0.2) is 17.0 Å². The third-order valence-electron chi connectivity index (χ3n) is 6.38. The summed E-state index contributed by atoms with van der Waals surface area (Å²) >= 11 is 0. The first-order chi connectivity index (χ1) is 12.8. The molecule has 0 radical (unpaired) electrons. The summed E-state index contributed by atoms with van der Waals surface area (Å²) in [4.78, 5) is 25.0. The number of allylic oxidation sites excluding steroid dienone is 2. The van der Waals surface area contributed by atoms with E-state index >= 15 is 0 Å². The van der Waals surface area contributed by atoms with E-state index in [4.69, 9.17) is 0 Å². The Balaban J connectivity index is 1.76. The van der Waals surface area contributed by atoms with Crippen molar-refractivity contribution in [3.8, 4) is 0 Å². The lowest BCUT2D eigenvalue weighted by atomic mass is 9.78. The van der Waals surface area contributed by atoms with Crippen molar-refractivity contribution >= 4 is 11.9 Å². The third kappa shape index (κ3) is 3.67. The van der Waals surface area contributed by atoms with Crippen LogP contribution >= 0.6 is 0 Å². The number of amides is 1. The average Bonchev–Trinajstić information content (AvgIpc) is 3.18. The van der Waals surface area contributed by atoms with E-state index in [1.807, 2.05) is 20.8 Å². The van der Waals surface area contributed by atoms with Crippen LogP contribution in [0.2, 0.25) is 0 Å². The van der Waals surface area contributed by atoms with E-state index in [0.29, 0.717) is 0 Å². The molecule has 5 atom stereocenters. The number of aryl methyl sites for hydroxylation is 1. The van der Waals surface area contributed by atoms with Gasteiger partial charge in [-0.2, -0.15) is 0 Å². The van der Waals surface area contributed by atoms with Crippen molar-refractivity contribution in [2.24, 2.45) is 23.7 Å². The van der Waals surface area contributed by atoms with Gasteiger partial charge in [0.1, 0.15) is 0 Å². The van der Waals surface area contributed by atoms with Gasteiger partial charge in [0.05, 0.1) is 17.9 Å². The van der Waals surface area contributed by atoms with Crippen LogP contribution in [0.15, 0.2) is 35.4 Å². The van der Waals surface area contributed by atoms with Crippen LogP contribution in [0.5, 0.6) is 0 Å². The highest BCUT2D eigenvalue weighted by Gasteiger charge is 2.57. The van der Waals surface area contributed by atoms with Crippen molar-refractivity contribution in [2.75, 3.05) is 0 Å². The Hall–Kier alpha value is -2.10. The molecule has 0 heterocycles. The van der Waals surface area contributed by atoms with Gasteiger partial charge in [0.2, 0.25) is 5.91 Å². The zero-order valence-corrected chi connectivity index (χ0v) is 16.8. The second-order valence-corrected chi connectivity index (χ2v) is 8.36. The van der Waals surface area contributed by atoms with Gasteiger partial charge in [-0.1, -0.05) is 48.8 Å². The first-order valence-electron chi connectivity index (χ1n) is 10.1. The van der Waals surface area contributed by atoms with Crippen molar-refractivity contribution in [3.05, 3.63) is 46.5 Å². The van der Waals surface area contributed by atoms with E-state index in [-0.39, 0.29) is 23.8 Å². The highest BCUT2D eigenvalue weighted by Crippen LogP contribution is 2.57. The van der Waals surface area contributed by atoms with Gasteiger partial charge in [-0.05, 0) is 63.0 Å². The number of carbonyl (C=O) groups excluding carboxylic acids is 1. The van der Waals surface area contributed by atoms with Crippen molar-refractivity contribution in [1.82, 2.24) is 5.32 Å². The van der Waals surface area contributed by atoms with Crippen LogP contribution in [0, 0.1) is 23.7 Å². The molecule has 2 fully saturated rings. The molecule has 0 saturated heterocycles. The molecule has 3 rings (SSSR count). The van der Waals surface area contributed by atoms with Crippen molar-refractivity contribution in [1.29, 1.82) is 0 Å². The summed E-state index contributed by atoms with van der Waals surface area (Å²) in [6.07, 6.45) is 3.98. The van der Waals surface area contributed by atoms with Gasteiger partial charge in [0, 0.05) is 0 Å². The van der Waals surface area contributed by atoms with Crippen molar-refractivity contribution < 1.29 is 14.7 Å². The van der Waals surface area contributed by atoms with E-state index in [1.165, 1.54) is 16.7 Å². The van der Waals surface area contributed by atoms with E-state index in [1.54, 1.807) is 0 Å². The fourth-order valence-electron chi connectivity index (χ4n) is 5.26. The molecule has 2 N–H and O–H groups in total. The van der Waals surface area contributed by atoms with Crippen LogP contribution < -0.4 is 5.32 Å². The molecule has 1 amide bonds. The molecule has 4 nitrogen and oxygen atoms in total. The second-order valence-electron chi connectivity index (χ2n) is 8.36. The van der Waals surface area contributed by atoms with Crippen LogP contribution in [0.25, 0.3) is 0 Å². The summed E-state index contributed by atoms with van der Waals surface area (Å²) in [5.74, 6) is -1.88. The summed E-state index contributed by atoms with van der Waals surface area (Å²) in [5, 5.41) is 12.9. The number of fused-ring (bicyclic) bond motifs is 2. The second kappa shape index (κ2) is 7.87. The number of carboxylic acid groups (broad SMARTS) is 1. The van der Waals surface area contributed by atoms with Crippen LogP contribution in [0.4, 0.5) is 0 Å². The van der Waals surface area contributed by atoms with Gasteiger partial charge in [-0.15, -0.1) is 0 Å². The maximum Gasteiger partial charge on any atom is 0.307 e. The molecular weight excluding hydrogens is 338 g/mol. The maximum atomic E-state index is 13.1. The Kier molecular flexibility index (Phi) is 5.73. The van der Waals surface area contributed by atoms with Crippen LogP contribution in [0.3, 0.4) is 0 Å². The first-order valence-corrected chi connectivity index (χ1v) is 10.1. The standard InChI is InChI=1S/C23H31NO3/c1-5-6-15-7-9-16(10-8-15)14(4)24-22(25)20-17-11-12-18(19(17)13(2)3)21(20)23(26)27/h7-10,14,17-18,20-21H,5-6,11-12H2,1-4H3,(H,24,25)(H,26,27)/t14-,17+,18+,20-,21-/m0/s1. The number of carbonyl (C=O) groups is 2. The topological polar surface area (TPSA) is 66.4 Å². The van der Waals surface area contributed by atoms with E-state index in [0.717, 1.165) is 31.2 Å². The Morgan fingerprint density at radius 1 is 1.11 bits per heavy atom. The zero-order valence-electron chi connectivity index (χ0n) is 16.8. The number of aliphatic carboxylic acids is 1. The predicted molar refractivity (Wildman–Crippen MR) is 106 cm³/mol. The number of carboxylic acids is 1. The summed E-state index contributed by atoms with van der Waals surface area (Å²) < 4.78 is 0. The Labute approximate surface area is 162 Å². The minimum atomic E-state index is -0.835. The molecular formula is C23H31NO3. The highest BCUT2D eigenvalue weighted by atomic mass is 16.4. The molecule has 4 heteroatoms. The fourth-order valence-corrected chi connectivity index (χ4v) is 5.26. The normalized spacial score (nSPS) is 27.5. The molecule has 0 unspecified atom stereocenters. The average molecular weight is 370 g/mol. The summed E-state index contributed by atoms with van der Waals surface area (Å²) in [6, 6.07) is 8.22. The molecule has 2 saturated carbocycles. The molecule has 2 aliphatic rings. The number of nitrogens with one attached hydrogen (secondary N) is 1. The van der Waals surface area contributed by atoms with Gasteiger partial charge in [-0.25, -0.2) is 0 Å². The van der Waals surface area contributed by atoms with E-state index in [2.05, 4.69) is 36.5 Å². The number of hydrogen-bond donors (Lipinski definition) is 2. The minimum absolute atomic E-state index is 0.0249. The summed E-state index contributed by atoms with van der Waals surface area (Å²) in [5.41, 5.74) is 4.76. The van der Waals surface area contributed by atoms with Crippen molar-refractivity contribution in [3.63, 3.8) is 0 Å². The molecule has 1 aromatic rings. The molecule has 1 aromatic carbocycles. The molecule has 2 bridgehead atoms. The number of rotatable bonds is 6. The van der Waals surface area contributed by atoms with Gasteiger partial charge in [-0.3, -0.25) is 9.59 Å². The fraction of sp³-hybridized carbons (Fsp3) is 0.565. The molecule has 146 valence electrons. The van der Waals surface area contributed by atoms with Crippen molar-refractivity contribution in [2.45, 2.75) is 59.4 Å². The maximum absolute atomic E-state index is 13.1. The van der Waals surface area contributed by atoms with Crippen LogP contribution in [0.1, 0.15) is 64.1 Å². The Morgan fingerprint density at radius 3 is 2.22 bits per heavy atom. The monoisotopic (exact) mass is 369 g/mol. The van der Waals surface area contributed by atoms with Crippen LogP contribution in [-0.2, 0) is 16.0 Å². The Morgan fingerprint density at radius 2 is 1.70 bits per heavy atom. The first kappa shape index (κ1) is 19.7. The molecule has 0 aliphatic heterocycles. The Bertz CT molecular complexity index is 745. The lowest BCUT2D eigenvalue weighted by Gasteiger charge is -2.28. The van der Waals surface area contributed by atoms with Gasteiger partial charge in [0.25, 0.3) is 0 Å². The molecule has 0 spiro atoms. The predicted octanol–water partition coefficient (Wildman–Crippen LogP) is 4.51. The summed E-state index contributed by atoms with van der Waals surface area (Å²) in [7, 11) is 0. The molecule has 27 heavy (non-hydrogen) atoms. The van der Waals surface area contributed by atoms with E-state index < -0.39 is 17.8 Å². The summed E-state index contributed by atoms with van der Waals surface area (Å²) in [6.45, 7) is 8.21. The van der Waals surface area contributed by atoms with Gasteiger partial charge < -0.3 is 10.4 Å². The minimum Gasteiger partial charge on any atom is -0.481 e. The number of hydrogen-bond acceptors (Lipinski definition) is 2.